The van der Waals surface area contributed by atoms with E-state index in [1.807, 2.05) is 10.9 Å². The van der Waals surface area contributed by atoms with E-state index < -0.39 is 48.8 Å². The number of hydrogen-bond acceptors (Lipinski definition) is 8. The molecule has 12 nitrogen and oxygen atoms in total. The van der Waals surface area contributed by atoms with Crippen molar-refractivity contribution in [1.82, 2.24) is 34.8 Å². The van der Waals surface area contributed by atoms with Gasteiger partial charge in [-0.25, -0.2) is 32.6 Å². The number of nitrogens with two attached hydrogens (primary N) is 1. The molecule has 2 aliphatic rings. The van der Waals surface area contributed by atoms with Gasteiger partial charge in [0.05, 0.1) is 29.0 Å². The zero-order valence-corrected chi connectivity index (χ0v) is 24.5. The molecule has 6 rings (SSSR count). The highest BCUT2D eigenvalue weighted by molar-refractivity contribution is 6.32. The van der Waals surface area contributed by atoms with E-state index in [0.717, 1.165) is 34.3 Å². The Kier molecular flexibility index (Phi) is 8.18. The Bertz CT molecular complexity index is 1790. The minimum absolute atomic E-state index is 0.00633. The largest absolute Gasteiger partial charge is 0.447 e. The lowest BCUT2D eigenvalue weighted by Crippen LogP contribution is -2.43. The summed E-state index contributed by atoms with van der Waals surface area (Å²) in [7, 11) is 0. The fraction of sp³-hybridized carbons (Fsp3) is 0.310. The maximum atomic E-state index is 15.5. The van der Waals surface area contributed by atoms with Crippen LogP contribution in [-0.4, -0.2) is 60.6 Å². The van der Waals surface area contributed by atoms with Gasteiger partial charge in [-0.05, 0) is 49.1 Å². The van der Waals surface area contributed by atoms with Crippen molar-refractivity contribution in [3.63, 3.8) is 0 Å². The fourth-order valence-corrected chi connectivity index (χ4v) is 5.32. The third-order valence-corrected chi connectivity index (χ3v) is 7.81. The smallest absolute Gasteiger partial charge is 0.407 e. The highest BCUT2D eigenvalue weighted by Gasteiger charge is 2.41. The van der Waals surface area contributed by atoms with Crippen molar-refractivity contribution >= 4 is 29.6 Å². The first-order valence-electron chi connectivity index (χ1n) is 14.0. The van der Waals surface area contributed by atoms with Crippen LogP contribution in [0, 0.1) is 5.82 Å². The third kappa shape index (κ3) is 5.94. The van der Waals surface area contributed by atoms with Crippen molar-refractivity contribution in [3.05, 3.63) is 82.9 Å². The Labute approximate surface area is 259 Å². The van der Waals surface area contributed by atoms with E-state index in [1.54, 1.807) is 19.2 Å². The Balaban J connectivity index is 1.32. The number of ether oxygens (including phenoxy) is 1. The van der Waals surface area contributed by atoms with Gasteiger partial charge in [-0.2, -0.15) is 10.2 Å². The molecule has 1 saturated carbocycles. The number of alkyl halides is 2. The van der Waals surface area contributed by atoms with Crippen molar-refractivity contribution in [3.8, 4) is 16.8 Å². The highest BCUT2D eigenvalue weighted by atomic mass is 35.5. The summed E-state index contributed by atoms with van der Waals surface area (Å²) in [5, 5.41) is 10.8. The lowest BCUT2D eigenvalue weighted by atomic mass is 10.0. The minimum Gasteiger partial charge on any atom is -0.447 e. The van der Waals surface area contributed by atoms with E-state index in [-0.39, 0.29) is 28.8 Å². The van der Waals surface area contributed by atoms with Crippen LogP contribution in [0.1, 0.15) is 61.3 Å². The normalized spacial score (nSPS) is 17.1. The molecule has 3 heterocycles. The SMILES string of the molecule is CCNC(=O)OCC(c1ccc(Cl)c(-n2ncnc2C(F)F)c1)N1C(=O)C(c2ccc(-c3cnn(C4CC4)c3)cc2F)N=C1N. The van der Waals surface area contributed by atoms with Crippen LogP contribution in [0.25, 0.3) is 16.8 Å². The summed E-state index contributed by atoms with van der Waals surface area (Å²) in [6.07, 6.45) is 2.86. The second kappa shape index (κ2) is 12.2. The lowest BCUT2D eigenvalue weighted by Gasteiger charge is -2.28. The summed E-state index contributed by atoms with van der Waals surface area (Å²) >= 11 is 6.35. The van der Waals surface area contributed by atoms with Gasteiger partial charge in [-0.1, -0.05) is 29.8 Å². The maximum absolute atomic E-state index is 15.5. The Hall–Kier alpha value is -4.92. The third-order valence-electron chi connectivity index (χ3n) is 7.49. The van der Waals surface area contributed by atoms with Crippen LogP contribution in [0.3, 0.4) is 0 Å². The zero-order chi connectivity index (χ0) is 31.8. The van der Waals surface area contributed by atoms with Crippen LogP contribution in [0.4, 0.5) is 18.0 Å². The van der Waals surface area contributed by atoms with Gasteiger partial charge in [0.1, 0.15) is 18.8 Å². The van der Waals surface area contributed by atoms with E-state index in [0.29, 0.717) is 17.2 Å². The number of halogens is 4. The van der Waals surface area contributed by atoms with Crippen LogP contribution < -0.4 is 11.1 Å². The molecule has 16 heteroatoms. The number of nitrogens with one attached hydrogen (secondary N) is 1. The number of rotatable bonds is 10. The minimum atomic E-state index is -2.96. The van der Waals surface area contributed by atoms with Crippen molar-refractivity contribution in [2.24, 2.45) is 10.7 Å². The number of aliphatic imine (C=N–C) groups is 1. The van der Waals surface area contributed by atoms with Crippen molar-refractivity contribution < 1.29 is 27.5 Å². The second-order valence-electron chi connectivity index (χ2n) is 10.5. The molecule has 0 saturated heterocycles. The molecule has 45 heavy (non-hydrogen) atoms. The van der Waals surface area contributed by atoms with Crippen LogP contribution in [0.5, 0.6) is 0 Å². The van der Waals surface area contributed by atoms with E-state index in [4.69, 9.17) is 22.1 Å². The van der Waals surface area contributed by atoms with E-state index in [1.165, 1.54) is 30.3 Å². The Morgan fingerprint density at radius 1 is 1.18 bits per heavy atom. The van der Waals surface area contributed by atoms with Gasteiger partial charge in [0.15, 0.2) is 17.8 Å². The first-order chi connectivity index (χ1) is 21.7. The molecular formula is C29H27ClF3N9O3. The van der Waals surface area contributed by atoms with Crippen molar-refractivity contribution in [2.75, 3.05) is 13.2 Å². The molecule has 2 atom stereocenters. The molecular weight excluding hydrogens is 615 g/mol. The number of carbonyl (C=O) groups is 2. The van der Waals surface area contributed by atoms with Crippen LogP contribution >= 0.6 is 11.6 Å². The van der Waals surface area contributed by atoms with Crippen LogP contribution in [0.15, 0.2) is 60.1 Å². The number of carbonyl (C=O) groups excluding carboxylic acids is 2. The molecule has 2 amide bonds. The van der Waals surface area contributed by atoms with Gasteiger partial charge in [0.25, 0.3) is 12.3 Å². The molecule has 2 aromatic heterocycles. The Morgan fingerprint density at radius 2 is 1.98 bits per heavy atom. The van der Waals surface area contributed by atoms with Gasteiger partial charge in [0, 0.05) is 23.9 Å². The number of nitrogens with zero attached hydrogens (tertiary/aromatic N) is 7. The number of hydrogen-bond donors (Lipinski definition) is 2. The number of aromatic nitrogens is 5. The van der Waals surface area contributed by atoms with E-state index in [2.05, 4.69) is 25.5 Å². The quantitative estimate of drug-likeness (QED) is 0.251. The van der Waals surface area contributed by atoms with Gasteiger partial charge >= 0.3 is 6.09 Å². The fourth-order valence-electron chi connectivity index (χ4n) is 5.12. The van der Waals surface area contributed by atoms with E-state index in [9.17, 15) is 18.4 Å². The van der Waals surface area contributed by atoms with E-state index >= 15 is 4.39 Å². The molecule has 0 bridgehead atoms. The molecule has 1 aliphatic heterocycles. The summed E-state index contributed by atoms with van der Waals surface area (Å²) in [5.74, 6) is -2.26. The van der Waals surface area contributed by atoms with Crippen LogP contribution in [-0.2, 0) is 9.53 Å². The van der Waals surface area contributed by atoms with Crippen LogP contribution in [0.2, 0.25) is 5.02 Å². The molecule has 234 valence electrons. The highest BCUT2D eigenvalue weighted by Crippen LogP contribution is 2.38. The summed E-state index contributed by atoms with van der Waals surface area (Å²) in [6.45, 7) is 1.57. The molecule has 3 N–H and O–H groups in total. The molecule has 0 radical (unpaired) electrons. The second-order valence-corrected chi connectivity index (χ2v) is 10.9. The number of amides is 2. The predicted molar refractivity (Wildman–Crippen MR) is 156 cm³/mol. The van der Waals surface area contributed by atoms with Crippen molar-refractivity contribution in [2.45, 2.75) is 44.3 Å². The number of guanidine groups is 1. The topological polar surface area (TPSA) is 146 Å². The molecule has 4 aromatic rings. The summed E-state index contributed by atoms with van der Waals surface area (Å²) in [5.41, 5.74) is 7.89. The lowest BCUT2D eigenvalue weighted by molar-refractivity contribution is -0.129. The van der Waals surface area contributed by atoms with Gasteiger partial charge in [-0.15, -0.1) is 0 Å². The summed E-state index contributed by atoms with van der Waals surface area (Å²) in [6, 6.07) is 6.73. The summed E-state index contributed by atoms with van der Waals surface area (Å²) in [4.78, 5) is 35.0. The molecule has 1 fully saturated rings. The average molecular weight is 642 g/mol. The van der Waals surface area contributed by atoms with Gasteiger partial charge < -0.3 is 15.8 Å². The predicted octanol–water partition coefficient (Wildman–Crippen LogP) is 4.88. The van der Waals surface area contributed by atoms with Gasteiger partial charge in [-0.3, -0.25) is 14.4 Å². The summed E-state index contributed by atoms with van der Waals surface area (Å²) < 4.78 is 50.8. The first-order valence-corrected chi connectivity index (χ1v) is 14.4. The molecule has 2 unspecified atom stereocenters. The average Bonchev–Trinajstić information content (AvgIpc) is 3.40. The standard InChI is InChI=1S/C29H27ClF3N9O3/c1-2-35-29(44)45-13-23(16-4-8-20(30)22(10-16)42-26(25(32)33)36-14-38-42)41-27(43)24(39-28(41)34)19-7-3-15(9-21(19)31)17-11-37-40(12-17)18-5-6-18/h3-4,7-12,14,18,23-25H,2,5-6,13H2,1H3,(H2,34,39)(H,35,44). The first kappa shape index (κ1) is 30.1. The monoisotopic (exact) mass is 641 g/mol. The Morgan fingerprint density at radius 3 is 2.69 bits per heavy atom. The molecule has 1 aliphatic carbocycles. The molecule has 2 aromatic carbocycles. The number of alkyl carbamates (subject to hydrolysis) is 1. The number of benzene rings is 2. The molecule has 0 spiro atoms. The van der Waals surface area contributed by atoms with Crippen molar-refractivity contribution in [1.29, 1.82) is 0 Å². The maximum Gasteiger partial charge on any atom is 0.407 e. The van der Waals surface area contributed by atoms with Gasteiger partial charge in [0.2, 0.25) is 0 Å². The zero-order valence-electron chi connectivity index (χ0n) is 23.8.